The average Bonchev–Trinajstić information content (AvgIpc) is 3.20. The fraction of sp³-hybridized carbons (Fsp3) is 0.533. The van der Waals surface area contributed by atoms with Crippen molar-refractivity contribution in [2.75, 3.05) is 25.0 Å². The molecule has 6 nitrogen and oxygen atoms in total. The third-order valence-corrected chi connectivity index (χ3v) is 4.84. The van der Waals surface area contributed by atoms with Crippen LogP contribution in [0.2, 0.25) is 0 Å². The van der Waals surface area contributed by atoms with Crippen LogP contribution >= 0.6 is 0 Å². The van der Waals surface area contributed by atoms with Crippen molar-refractivity contribution < 1.29 is 14.7 Å². The van der Waals surface area contributed by atoms with Crippen LogP contribution < -0.4 is 4.90 Å². The summed E-state index contributed by atoms with van der Waals surface area (Å²) < 4.78 is 0. The Labute approximate surface area is 123 Å². The normalized spacial score (nSPS) is 22.9. The molecule has 1 aromatic heterocycles. The van der Waals surface area contributed by atoms with E-state index in [0.717, 1.165) is 19.3 Å². The number of likely N-dealkylation sites (tertiary alicyclic amines) is 1. The Kier molecular flexibility index (Phi) is 3.31. The number of nitrogens with zero attached hydrogens (tertiary/aromatic N) is 3. The fourth-order valence-electron chi connectivity index (χ4n) is 3.29. The molecule has 1 aromatic rings. The minimum Gasteiger partial charge on any atom is -0.465 e. The van der Waals surface area contributed by atoms with E-state index in [1.54, 1.807) is 18.1 Å². The molecule has 3 rings (SSSR count). The monoisotopic (exact) mass is 289 g/mol. The molecule has 1 saturated heterocycles. The molecule has 112 valence electrons. The third-order valence-electron chi connectivity index (χ3n) is 4.84. The van der Waals surface area contributed by atoms with Crippen molar-refractivity contribution >= 4 is 17.8 Å². The van der Waals surface area contributed by atoms with Gasteiger partial charge in [0.05, 0.1) is 0 Å². The Hall–Kier alpha value is -2.11. The van der Waals surface area contributed by atoms with Crippen molar-refractivity contribution in [2.45, 2.75) is 19.3 Å². The van der Waals surface area contributed by atoms with Crippen molar-refractivity contribution in [3.8, 4) is 0 Å². The number of amides is 2. The second-order valence-corrected chi connectivity index (χ2v) is 5.97. The molecule has 0 radical (unpaired) electrons. The fourth-order valence-corrected chi connectivity index (χ4v) is 3.29. The first-order chi connectivity index (χ1) is 10.0. The molecule has 1 atom stereocenters. The summed E-state index contributed by atoms with van der Waals surface area (Å²) in [5, 5.41) is 8.98. The van der Waals surface area contributed by atoms with Gasteiger partial charge in [0.25, 0.3) is 0 Å². The number of hydrogen-bond acceptors (Lipinski definition) is 3. The summed E-state index contributed by atoms with van der Waals surface area (Å²) in [5.74, 6) is 0.769. The zero-order valence-electron chi connectivity index (χ0n) is 12.0. The molecule has 0 aromatic carbocycles. The second kappa shape index (κ2) is 5.02. The Balaban J connectivity index is 1.63. The van der Waals surface area contributed by atoms with Crippen molar-refractivity contribution in [1.82, 2.24) is 9.88 Å². The summed E-state index contributed by atoms with van der Waals surface area (Å²) >= 11 is 0. The molecular formula is C15H19N3O3. The Bertz CT molecular complexity index is 553. The summed E-state index contributed by atoms with van der Waals surface area (Å²) in [6.07, 6.45) is 3.25. The number of rotatable bonds is 2. The van der Waals surface area contributed by atoms with E-state index in [2.05, 4.69) is 4.98 Å². The molecule has 1 N–H and O–H groups in total. The smallest absolute Gasteiger partial charge is 0.407 e. The highest BCUT2D eigenvalue weighted by atomic mass is 16.4. The van der Waals surface area contributed by atoms with Gasteiger partial charge < -0.3 is 10.0 Å². The molecule has 2 heterocycles. The molecule has 1 aliphatic heterocycles. The lowest BCUT2D eigenvalue weighted by Crippen LogP contribution is -2.40. The predicted octanol–water partition coefficient (Wildman–Crippen LogP) is 1.82. The molecule has 1 aliphatic carbocycles. The lowest BCUT2D eigenvalue weighted by atomic mass is 9.90. The highest BCUT2D eigenvalue weighted by Crippen LogP contribution is 2.60. The molecular weight excluding hydrogens is 270 g/mol. The maximum atomic E-state index is 12.6. The number of carbonyl (C=O) groups is 2. The maximum Gasteiger partial charge on any atom is 0.407 e. The van der Waals surface area contributed by atoms with Gasteiger partial charge in [0.1, 0.15) is 5.82 Å². The van der Waals surface area contributed by atoms with E-state index in [0.29, 0.717) is 18.9 Å². The summed E-state index contributed by atoms with van der Waals surface area (Å²) in [5.41, 5.74) is 0.0199. The predicted molar refractivity (Wildman–Crippen MR) is 77.0 cm³/mol. The molecule has 2 aliphatic rings. The van der Waals surface area contributed by atoms with Gasteiger partial charge in [0.2, 0.25) is 5.91 Å². The first-order valence-corrected chi connectivity index (χ1v) is 7.20. The van der Waals surface area contributed by atoms with Crippen LogP contribution in [-0.4, -0.2) is 47.1 Å². The van der Waals surface area contributed by atoms with Gasteiger partial charge >= 0.3 is 6.09 Å². The van der Waals surface area contributed by atoms with E-state index in [1.165, 1.54) is 4.90 Å². The number of piperidine rings is 1. The molecule has 0 unspecified atom stereocenters. The zero-order valence-corrected chi connectivity index (χ0v) is 12.0. The van der Waals surface area contributed by atoms with Crippen LogP contribution in [-0.2, 0) is 4.79 Å². The minimum atomic E-state index is -0.862. The van der Waals surface area contributed by atoms with Gasteiger partial charge in [-0.05, 0) is 36.8 Å². The van der Waals surface area contributed by atoms with E-state index >= 15 is 0 Å². The van der Waals surface area contributed by atoms with Crippen molar-refractivity contribution in [3.63, 3.8) is 0 Å². The summed E-state index contributed by atoms with van der Waals surface area (Å²) in [7, 11) is 1.75. The van der Waals surface area contributed by atoms with Crippen LogP contribution in [0.5, 0.6) is 0 Å². The molecule has 2 amide bonds. The summed E-state index contributed by atoms with van der Waals surface area (Å²) in [6.45, 7) is 1.07. The molecule has 0 bridgehead atoms. The van der Waals surface area contributed by atoms with E-state index in [-0.39, 0.29) is 17.2 Å². The molecule has 6 heteroatoms. The van der Waals surface area contributed by atoms with Gasteiger partial charge in [0.15, 0.2) is 0 Å². The van der Waals surface area contributed by atoms with Crippen LogP contribution in [0, 0.1) is 11.3 Å². The van der Waals surface area contributed by atoms with E-state index in [4.69, 9.17) is 5.11 Å². The number of hydrogen-bond donors (Lipinski definition) is 1. The largest absolute Gasteiger partial charge is 0.465 e. The Morgan fingerprint density at radius 1 is 1.38 bits per heavy atom. The average molecular weight is 289 g/mol. The van der Waals surface area contributed by atoms with Gasteiger partial charge in [-0.15, -0.1) is 0 Å². The number of carbonyl (C=O) groups excluding carboxylic acids is 1. The number of aromatic nitrogens is 1. The molecule has 1 saturated carbocycles. The first-order valence-electron chi connectivity index (χ1n) is 7.20. The van der Waals surface area contributed by atoms with Gasteiger partial charge in [-0.25, -0.2) is 9.78 Å². The van der Waals surface area contributed by atoms with Crippen molar-refractivity contribution in [2.24, 2.45) is 11.3 Å². The van der Waals surface area contributed by atoms with Gasteiger partial charge in [-0.2, -0.15) is 0 Å². The van der Waals surface area contributed by atoms with Crippen LogP contribution in [0.1, 0.15) is 19.3 Å². The number of anilines is 1. The van der Waals surface area contributed by atoms with Crippen molar-refractivity contribution in [1.29, 1.82) is 0 Å². The van der Waals surface area contributed by atoms with Crippen LogP contribution in [0.3, 0.4) is 0 Å². The van der Waals surface area contributed by atoms with E-state index < -0.39 is 6.09 Å². The SMILES string of the molecule is CN(C(=O)[C@H]1CC12CCN(C(=O)O)CC2)c1ccccn1. The van der Waals surface area contributed by atoms with E-state index in [1.807, 2.05) is 18.2 Å². The molecule has 2 fully saturated rings. The maximum absolute atomic E-state index is 12.6. The van der Waals surface area contributed by atoms with E-state index in [9.17, 15) is 9.59 Å². The molecule has 1 spiro atoms. The summed E-state index contributed by atoms with van der Waals surface area (Å²) in [4.78, 5) is 30.7. The molecule has 21 heavy (non-hydrogen) atoms. The number of pyridine rings is 1. The minimum absolute atomic E-state index is 0.0143. The van der Waals surface area contributed by atoms with Gasteiger partial charge in [0, 0.05) is 32.3 Å². The standard InChI is InChI=1S/C15H19N3O3/c1-17(12-4-2-3-7-16-12)13(19)11-10-15(11)5-8-18(9-6-15)14(20)21/h2-4,7,11H,5-6,8-10H2,1H3,(H,20,21)/t11-/m1/s1. The van der Waals surface area contributed by atoms with Crippen molar-refractivity contribution in [3.05, 3.63) is 24.4 Å². The van der Waals surface area contributed by atoms with Gasteiger partial charge in [-0.3, -0.25) is 9.69 Å². The lowest BCUT2D eigenvalue weighted by Gasteiger charge is -2.31. The Morgan fingerprint density at radius 2 is 2.10 bits per heavy atom. The second-order valence-electron chi connectivity index (χ2n) is 5.97. The highest BCUT2D eigenvalue weighted by Gasteiger charge is 2.59. The topological polar surface area (TPSA) is 73.7 Å². The van der Waals surface area contributed by atoms with Gasteiger partial charge in [-0.1, -0.05) is 6.07 Å². The summed E-state index contributed by atoms with van der Waals surface area (Å²) in [6, 6.07) is 5.50. The van der Waals surface area contributed by atoms with Crippen LogP contribution in [0.25, 0.3) is 0 Å². The lowest BCUT2D eigenvalue weighted by molar-refractivity contribution is -0.120. The van der Waals surface area contributed by atoms with Crippen LogP contribution in [0.4, 0.5) is 10.6 Å². The zero-order chi connectivity index (χ0) is 15.0. The quantitative estimate of drug-likeness (QED) is 0.901. The third kappa shape index (κ3) is 2.46. The highest BCUT2D eigenvalue weighted by molar-refractivity contribution is 5.96. The van der Waals surface area contributed by atoms with Crippen LogP contribution in [0.15, 0.2) is 24.4 Å². The first kappa shape index (κ1) is 13.9. The number of carboxylic acid groups (broad SMARTS) is 1. The Morgan fingerprint density at radius 3 is 2.67 bits per heavy atom.